The van der Waals surface area contributed by atoms with Gasteiger partial charge in [-0.3, -0.25) is 9.59 Å². The molecule has 2 aliphatic heterocycles. The Balaban J connectivity index is 1.48. The topological polar surface area (TPSA) is 88.8 Å². The maximum absolute atomic E-state index is 12.7. The number of hydrogen-bond donors (Lipinski definition) is 0. The average Bonchev–Trinajstić information content (AvgIpc) is 3.28. The van der Waals surface area contributed by atoms with E-state index in [-0.39, 0.29) is 23.5 Å². The van der Waals surface area contributed by atoms with Crippen LogP contribution in [-0.2, 0) is 4.74 Å². The summed E-state index contributed by atoms with van der Waals surface area (Å²) in [5.41, 5.74) is 1.30. The van der Waals surface area contributed by atoms with Crippen LogP contribution < -0.4 is 0 Å². The molecule has 2 aromatic heterocycles. The van der Waals surface area contributed by atoms with E-state index in [1.54, 1.807) is 15.9 Å². The molecule has 0 unspecified atom stereocenters. The number of oxazole rings is 1. The lowest BCUT2D eigenvalue weighted by Gasteiger charge is -2.32. The van der Waals surface area contributed by atoms with E-state index in [0.29, 0.717) is 45.1 Å². The number of nitrogens with zero attached hydrogens (tertiary/aromatic N) is 4. The highest BCUT2D eigenvalue weighted by atomic mass is 16.5. The number of carbonyl (C=O) groups excluding carboxylic acids is 2. The maximum Gasteiger partial charge on any atom is 0.291 e. The minimum absolute atomic E-state index is 0.0643. The van der Waals surface area contributed by atoms with Crippen molar-refractivity contribution in [2.45, 2.75) is 18.8 Å². The number of pyridine rings is 1. The Labute approximate surface area is 157 Å². The van der Waals surface area contributed by atoms with Crippen LogP contribution in [0.15, 0.2) is 35.2 Å². The first kappa shape index (κ1) is 17.7. The van der Waals surface area contributed by atoms with Gasteiger partial charge in [0.15, 0.2) is 6.39 Å². The lowest BCUT2D eigenvalue weighted by atomic mass is 9.94. The summed E-state index contributed by atoms with van der Waals surface area (Å²) in [6.07, 6.45) is 4.51. The summed E-state index contributed by atoms with van der Waals surface area (Å²) < 4.78 is 10.4. The molecular formula is C19H22N4O4. The summed E-state index contributed by atoms with van der Waals surface area (Å²) in [6.45, 7) is 3.55. The molecule has 2 fully saturated rings. The van der Waals surface area contributed by atoms with Crippen LogP contribution in [0, 0.1) is 0 Å². The molecule has 8 nitrogen and oxygen atoms in total. The number of morpholine rings is 1. The van der Waals surface area contributed by atoms with E-state index in [1.165, 1.54) is 12.6 Å². The first-order valence-electron chi connectivity index (χ1n) is 9.24. The number of piperidine rings is 1. The molecule has 0 aliphatic carbocycles. The first-order valence-corrected chi connectivity index (χ1v) is 9.24. The van der Waals surface area contributed by atoms with Gasteiger partial charge >= 0.3 is 0 Å². The molecule has 27 heavy (non-hydrogen) atoms. The molecule has 142 valence electrons. The summed E-state index contributed by atoms with van der Waals surface area (Å²) in [4.78, 5) is 37.2. The van der Waals surface area contributed by atoms with Gasteiger partial charge in [-0.2, -0.15) is 0 Å². The minimum atomic E-state index is -0.155. The lowest BCUT2D eigenvalue weighted by molar-refractivity contribution is 0.0298. The highest BCUT2D eigenvalue weighted by Gasteiger charge is 2.28. The normalized spacial score (nSPS) is 20.5. The molecule has 4 heterocycles. The Morgan fingerprint density at radius 2 is 1.93 bits per heavy atom. The molecule has 1 atom stereocenters. The number of hydrogen-bond acceptors (Lipinski definition) is 6. The Hall–Kier alpha value is -2.74. The van der Waals surface area contributed by atoms with Crippen molar-refractivity contribution in [1.29, 1.82) is 0 Å². The fourth-order valence-electron chi connectivity index (χ4n) is 3.61. The van der Waals surface area contributed by atoms with Crippen molar-refractivity contribution in [3.63, 3.8) is 0 Å². The van der Waals surface area contributed by atoms with Gasteiger partial charge in [-0.25, -0.2) is 9.97 Å². The smallest absolute Gasteiger partial charge is 0.291 e. The zero-order chi connectivity index (χ0) is 18.6. The van der Waals surface area contributed by atoms with Crippen molar-refractivity contribution in [3.05, 3.63) is 47.9 Å². The van der Waals surface area contributed by atoms with E-state index in [0.717, 1.165) is 18.5 Å². The maximum atomic E-state index is 12.7. The highest BCUT2D eigenvalue weighted by molar-refractivity contribution is 5.92. The molecule has 0 N–H and O–H groups in total. The number of likely N-dealkylation sites (tertiary alicyclic amines) is 1. The van der Waals surface area contributed by atoms with Crippen LogP contribution in [0.2, 0.25) is 0 Å². The van der Waals surface area contributed by atoms with Gasteiger partial charge in [-0.05, 0) is 25.0 Å². The molecule has 2 aromatic rings. The van der Waals surface area contributed by atoms with Crippen LogP contribution in [0.4, 0.5) is 0 Å². The zero-order valence-corrected chi connectivity index (χ0v) is 15.0. The molecule has 8 heteroatoms. The number of amides is 2. The van der Waals surface area contributed by atoms with E-state index in [4.69, 9.17) is 9.15 Å². The van der Waals surface area contributed by atoms with Gasteiger partial charge in [0.05, 0.1) is 19.4 Å². The van der Waals surface area contributed by atoms with Gasteiger partial charge in [0.25, 0.3) is 11.8 Å². The van der Waals surface area contributed by atoms with Crippen LogP contribution in [0.5, 0.6) is 0 Å². The standard InChI is InChI=1S/C19H22N4O4/c24-18(22-7-9-26-10-8-22)16-5-1-4-15(21-16)14-3-2-6-23(12-14)19(25)17-11-20-13-27-17/h1,4-5,11,13-14H,2-3,6-10,12H2/t14-/m0/s1. The van der Waals surface area contributed by atoms with Crippen molar-refractivity contribution < 1.29 is 18.7 Å². The van der Waals surface area contributed by atoms with E-state index in [1.807, 2.05) is 12.1 Å². The first-order chi connectivity index (χ1) is 13.2. The number of rotatable bonds is 3. The molecule has 0 radical (unpaired) electrons. The van der Waals surface area contributed by atoms with Crippen molar-refractivity contribution in [1.82, 2.24) is 19.8 Å². The van der Waals surface area contributed by atoms with Crippen LogP contribution in [0.1, 0.15) is 45.5 Å². The zero-order valence-electron chi connectivity index (χ0n) is 15.0. The Morgan fingerprint density at radius 1 is 1.07 bits per heavy atom. The number of carbonyl (C=O) groups is 2. The Kier molecular flexibility index (Phi) is 5.15. The molecule has 2 saturated heterocycles. The molecule has 0 aromatic carbocycles. The van der Waals surface area contributed by atoms with Crippen LogP contribution >= 0.6 is 0 Å². The average molecular weight is 370 g/mol. The third kappa shape index (κ3) is 3.85. The van der Waals surface area contributed by atoms with E-state index in [9.17, 15) is 9.59 Å². The van der Waals surface area contributed by atoms with Gasteiger partial charge in [0.2, 0.25) is 5.76 Å². The largest absolute Gasteiger partial charge is 0.438 e. The van der Waals surface area contributed by atoms with E-state index < -0.39 is 0 Å². The molecule has 2 amide bonds. The van der Waals surface area contributed by atoms with Gasteiger partial charge < -0.3 is 19.0 Å². The second-order valence-corrected chi connectivity index (χ2v) is 6.81. The van der Waals surface area contributed by atoms with Gasteiger partial charge in [0, 0.05) is 37.8 Å². The predicted molar refractivity (Wildman–Crippen MR) is 95.3 cm³/mol. The summed E-state index contributed by atoms with van der Waals surface area (Å²) in [5, 5.41) is 0. The molecule has 0 bridgehead atoms. The number of aromatic nitrogens is 2. The van der Waals surface area contributed by atoms with Crippen molar-refractivity contribution in [3.8, 4) is 0 Å². The van der Waals surface area contributed by atoms with Crippen LogP contribution in [-0.4, -0.2) is 71.0 Å². The Bertz CT molecular complexity index is 802. The molecule has 0 spiro atoms. The molecule has 2 aliphatic rings. The van der Waals surface area contributed by atoms with Crippen LogP contribution in [0.3, 0.4) is 0 Å². The predicted octanol–water partition coefficient (Wildman–Crippen LogP) is 1.56. The third-order valence-electron chi connectivity index (χ3n) is 5.06. The molecule has 0 saturated carbocycles. The minimum Gasteiger partial charge on any atom is -0.438 e. The van der Waals surface area contributed by atoms with Crippen molar-refractivity contribution >= 4 is 11.8 Å². The second-order valence-electron chi connectivity index (χ2n) is 6.81. The van der Waals surface area contributed by atoms with Gasteiger partial charge in [-0.1, -0.05) is 6.07 Å². The fraction of sp³-hybridized carbons (Fsp3) is 0.474. The fourth-order valence-corrected chi connectivity index (χ4v) is 3.61. The number of ether oxygens (including phenoxy) is 1. The third-order valence-corrected chi connectivity index (χ3v) is 5.06. The Morgan fingerprint density at radius 3 is 2.70 bits per heavy atom. The van der Waals surface area contributed by atoms with Crippen molar-refractivity contribution in [2.24, 2.45) is 0 Å². The van der Waals surface area contributed by atoms with E-state index in [2.05, 4.69) is 9.97 Å². The molecular weight excluding hydrogens is 348 g/mol. The highest BCUT2D eigenvalue weighted by Crippen LogP contribution is 2.27. The monoisotopic (exact) mass is 370 g/mol. The summed E-state index contributed by atoms with van der Waals surface area (Å²) in [7, 11) is 0. The summed E-state index contributed by atoms with van der Waals surface area (Å²) in [6, 6.07) is 5.55. The van der Waals surface area contributed by atoms with E-state index >= 15 is 0 Å². The summed E-state index contributed by atoms with van der Waals surface area (Å²) in [5.74, 6) is 0.131. The van der Waals surface area contributed by atoms with Crippen molar-refractivity contribution in [2.75, 3.05) is 39.4 Å². The van der Waals surface area contributed by atoms with Gasteiger partial charge in [-0.15, -0.1) is 0 Å². The van der Waals surface area contributed by atoms with Gasteiger partial charge in [0.1, 0.15) is 5.69 Å². The summed E-state index contributed by atoms with van der Waals surface area (Å²) >= 11 is 0. The van der Waals surface area contributed by atoms with Crippen LogP contribution in [0.25, 0.3) is 0 Å². The quantitative estimate of drug-likeness (QED) is 0.815. The molecule has 4 rings (SSSR count). The lowest BCUT2D eigenvalue weighted by Crippen LogP contribution is -2.41. The SMILES string of the molecule is O=C(c1cccc([C@H]2CCCN(C(=O)c3cnco3)C2)n1)N1CCOCC1. The second kappa shape index (κ2) is 7.87.